The molecule has 1 N–H and O–H groups in total. The smallest absolute Gasteiger partial charge is 0.169 e. The van der Waals surface area contributed by atoms with Crippen molar-refractivity contribution in [2.75, 3.05) is 13.1 Å². The molecular weight excluding hydrogens is 326 g/mol. The van der Waals surface area contributed by atoms with Crippen molar-refractivity contribution in [3.63, 3.8) is 0 Å². The molecule has 0 bridgehead atoms. The molecule has 0 atom stereocenters. The summed E-state index contributed by atoms with van der Waals surface area (Å²) < 4.78 is 0. The fourth-order valence-electron chi connectivity index (χ4n) is 3.35. The highest BCUT2D eigenvalue weighted by atomic mass is 32.1. The standard InChI is InChI=1S/C17H29N3S.2C2H6/c1-3-18-13-14(2)15-9-11-20(12-10-15)17(21)19-16-7-5-4-6-8-16;2*1-2/h3,13,15-16H,4-12H2,1-2H3,(H,19,21);2*1-2H3/b14-13+,18-3?;;. The fourth-order valence-corrected chi connectivity index (χ4v) is 3.70. The summed E-state index contributed by atoms with van der Waals surface area (Å²) in [5, 5.41) is 4.57. The van der Waals surface area contributed by atoms with Crippen LogP contribution in [0.3, 0.4) is 0 Å². The lowest BCUT2D eigenvalue weighted by Gasteiger charge is -2.36. The molecule has 1 heterocycles. The molecule has 25 heavy (non-hydrogen) atoms. The van der Waals surface area contributed by atoms with Crippen molar-refractivity contribution < 1.29 is 0 Å². The van der Waals surface area contributed by atoms with E-state index in [1.165, 1.54) is 50.5 Å². The summed E-state index contributed by atoms with van der Waals surface area (Å²) in [4.78, 5) is 6.60. The first-order valence-electron chi connectivity index (χ1n) is 10.4. The number of hydrogen-bond donors (Lipinski definition) is 1. The van der Waals surface area contributed by atoms with Crippen molar-refractivity contribution >= 4 is 23.5 Å². The van der Waals surface area contributed by atoms with Crippen LogP contribution in [0, 0.1) is 5.92 Å². The van der Waals surface area contributed by atoms with Crippen molar-refractivity contribution in [3.05, 3.63) is 11.8 Å². The van der Waals surface area contributed by atoms with Gasteiger partial charge >= 0.3 is 0 Å². The van der Waals surface area contributed by atoms with Gasteiger partial charge in [-0.3, -0.25) is 4.99 Å². The average Bonchev–Trinajstić information content (AvgIpc) is 2.70. The fraction of sp³-hybridized carbons (Fsp3) is 0.810. The van der Waals surface area contributed by atoms with Crippen LogP contribution in [0.5, 0.6) is 0 Å². The lowest BCUT2D eigenvalue weighted by atomic mass is 9.90. The number of aliphatic imine (C=N–C) groups is 1. The van der Waals surface area contributed by atoms with Crippen LogP contribution in [0.4, 0.5) is 0 Å². The Kier molecular flexibility index (Phi) is 14.8. The second-order valence-corrected chi connectivity index (χ2v) is 6.71. The number of thiocarbonyl (C=S) groups is 1. The van der Waals surface area contributed by atoms with Crippen LogP contribution < -0.4 is 5.32 Å². The van der Waals surface area contributed by atoms with Crippen molar-refractivity contribution in [2.24, 2.45) is 10.9 Å². The second-order valence-electron chi connectivity index (χ2n) is 6.33. The third-order valence-electron chi connectivity index (χ3n) is 4.79. The van der Waals surface area contributed by atoms with Crippen LogP contribution in [0.15, 0.2) is 16.8 Å². The molecule has 0 aromatic rings. The van der Waals surface area contributed by atoms with Crippen LogP contribution >= 0.6 is 12.2 Å². The molecule has 2 fully saturated rings. The zero-order chi connectivity index (χ0) is 19.1. The van der Waals surface area contributed by atoms with E-state index in [-0.39, 0.29) is 0 Å². The summed E-state index contributed by atoms with van der Waals surface area (Å²) in [5.41, 5.74) is 1.40. The van der Waals surface area contributed by atoms with Gasteiger partial charge in [-0.1, -0.05) is 52.5 Å². The van der Waals surface area contributed by atoms with Crippen LogP contribution in [-0.4, -0.2) is 35.4 Å². The minimum Gasteiger partial charge on any atom is -0.360 e. The molecule has 0 unspecified atom stereocenters. The third kappa shape index (κ3) is 9.39. The zero-order valence-electron chi connectivity index (χ0n) is 17.5. The van der Waals surface area contributed by atoms with E-state index in [0.29, 0.717) is 12.0 Å². The molecule has 0 spiro atoms. The second kappa shape index (κ2) is 15.4. The van der Waals surface area contributed by atoms with E-state index in [1.54, 1.807) is 0 Å². The Labute approximate surface area is 162 Å². The summed E-state index contributed by atoms with van der Waals surface area (Å²) in [7, 11) is 0. The normalized spacial score (nSPS) is 19.6. The van der Waals surface area contributed by atoms with Gasteiger partial charge in [-0.2, -0.15) is 0 Å². The Morgan fingerprint density at radius 1 is 1.00 bits per heavy atom. The van der Waals surface area contributed by atoms with Crippen molar-refractivity contribution in [1.29, 1.82) is 0 Å². The van der Waals surface area contributed by atoms with E-state index in [0.717, 1.165) is 18.2 Å². The number of likely N-dealkylation sites (tertiary alicyclic amines) is 1. The predicted molar refractivity (Wildman–Crippen MR) is 118 cm³/mol. The number of hydrogen-bond acceptors (Lipinski definition) is 2. The van der Waals surface area contributed by atoms with Gasteiger partial charge in [0.05, 0.1) is 0 Å². The summed E-state index contributed by atoms with van der Waals surface area (Å²) in [6.45, 7) is 14.3. The van der Waals surface area contributed by atoms with Gasteiger partial charge in [-0.25, -0.2) is 0 Å². The number of nitrogens with one attached hydrogen (secondary N) is 1. The Hall–Kier alpha value is -0.900. The highest BCUT2D eigenvalue weighted by Gasteiger charge is 2.23. The van der Waals surface area contributed by atoms with E-state index in [4.69, 9.17) is 12.2 Å². The quantitative estimate of drug-likeness (QED) is 0.493. The van der Waals surface area contributed by atoms with Crippen LogP contribution in [0.25, 0.3) is 0 Å². The van der Waals surface area contributed by atoms with Gasteiger partial charge in [-0.15, -0.1) is 0 Å². The molecule has 146 valence electrons. The Morgan fingerprint density at radius 3 is 2.08 bits per heavy atom. The topological polar surface area (TPSA) is 27.6 Å². The summed E-state index contributed by atoms with van der Waals surface area (Å²) in [6, 6.07) is 0.615. The van der Waals surface area contributed by atoms with Gasteiger partial charge in [0, 0.05) is 31.5 Å². The van der Waals surface area contributed by atoms with E-state index in [1.807, 2.05) is 47.0 Å². The summed E-state index contributed by atoms with van der Waals surface area (Å²) in [6.07, 6.45) is 12.9. The predicted octanol–water partition coefficient (Wildman–Crippen LogP) is 5.95. The molecule has 2 rings (SSSR count). The highest BCUT2D eigenvalue weighted by Crippen LogP contribution is 2.25. The van der Waals surface area contributed by atoms with Crippen molar-refractivity contribution in [2.45, 2.75) is 92.5 Å². The van der Waals surface area contributed by atoms with Gasteiger partial charge in [0.1, 0.15) is 0 Å². The monoisotopic (exact) mass is 367 g/mol. The molecule has 1 saturated carbocycles. The molecule has 0 aromatic heterocycles. The minimum atomic E-state index is 0.615. The molecule has 3 nitrogen and oxygen atoms in total. The van der Waals surface area contributed by atoms with Gasteiger partial charge in [0.2, 0.25) is 0 Å². The SMILES string of the molecule is CC.CC.CC=N/C=C(\C)C1CCN(C(=S)NC2CCCCC2)CC1. The Balaban J connectivity index is 0.00000134. The molecule has 2 aliphatic rings. The summed E-state index contributed by atoms with van der Waals surface area (Å²) >= 11 is 5.61. The van der Waals surface area contributed by atoms with Gasteiger partial charge in [0.25, 0.3) is 0 Å². The molecule has 1 saturated heterocycles. The largest absolute Gasteiger partial charge is 0.360 e. The molecule has 4 heteroatoms. The number of allylic oxidation sites excluding steroid dienone is 1. The number of rotatable bonds is 3. The van der Waals surface area contributed by atoms with Gasteiger partial charge < -0.3 is 10.2 Å². The van der Waals surface area contributed by atoms with Crippen LogP contribution in [0.2, 0.25) is 0 Å². The third-order valence-corrected chi connectivity index (χ3v) is 5.16. The van der Waals surface area contributed by atoms with Crippen LogP contribution in [-0.2, 0) is 0 Å². The van der Waals surface area contributed by atoms with E-state index in [9.17, 15) is 0 Å². The molecular formula is C21H41N3S. The van der Waals surface area contributed by atoms with E-state index >= 15 is 0 Å². The molecule has 1 aliphatic heterocycles. The lowest BCUT2D eigenvalue weighted by Crippen LogP contribution is -2.48. The highest BCUT2D eigenvalue weighted by molar-refractivity contribution is 7.80. The Morgan fingerprint density at radius 2 is 1.56 bits per heavy atom. The maximum Gasteiger partial charge on any atom is 0.169 e. The first-order valence-corrected chi connectivity index (χ1v) is 10.8. The number of nitrogens with zero attached hydrogens (tertiary/aromatic N) is 2. The first kappa shape index (κ1) is 24.1. The minimum absolute atomic E-state index is 0.615. The van der Waals surface area contributed by atoms with Crippen molar-refractivity contribution in [3.8, 4) is 0 Å². The lowest BCUT2D eigenvalue weighted by molar-refractivity contribution is 0.281. The molecule has 1 aliphatic carbocycles. The van der Waals surface area contributed by atoms with E-state index < -0.39 is 0 Å². The molecule has 0 amide bonds. The van der Waals surface area contributed by atoms with Crippen LogP contribution in [0.1, 0.15) is 86.5 Å². The van der Waals surface area contributed by atoms with Crippen molar-refractivity contribution in [1.82, 2.24) is 10.2 Å². The average molecular weight is 368 g/mol. The number of piperidine rings is 1. The van der Waals surface area contributed by atoms with Gasteiger partial charge in [0.15, 0.2) is 5.11 Å². The summed E-state index contributed by atoms with van der Waals surface area (Å²) in [5.74, 6) is 0.669. The zero-order valence-corrected chi connectivity index (χ0v) is 18.3. The molecule has 0 radical (unpaired) electrons. The Bertz CT molecular complexity index is 390. The van der Waals surface area contributed by atoms with E-state index in [2.05, 4.69) is 22.1 Å². The van der Waals surface area contributed by atoms with Gasteiger partial charge in [-0.05, 0) is 57.7 Å². The maximum absolute atomic E-state index is 5.61. The first-order chi connectivity index (χ1) is 12.2. The maximum atomic E-state index is 5.61. The molecule has 0 aromatic carbocycles.